The van der Waals surface area contributed by atoms with Crippen LogP contribution in [0.15, 0.2) is 73.1 Å². The Labute approximate surface area is 164 Å². The molecule has 3 rings (SSSR count). The molecule has 0 aliphatic rings. The lowest BCUT2D eigenvalue weighted by Gasteiger charge is -2.21. The average molecular weight is 380 g/mol. The third-order valence-electron chi connectivity index (χ3n) is 4.27. The molecule has 0 bridgehead atoms. The van der Waals surface area contributed by atoms with Gasteiger partial charge in [0.1, 0.15) is 0 Å². The zero-order valence-corrected chi connectivity index (χ0v) is 16.0. The lowest BCUT2D eigenvalue weighted by molar-refractivity contribution is 0.0988. The lowest BCUT2D eigenvalue weighted by Crippen LogP contribution is -2.30. The van der Waals surface area contributed by atoms with Gasteiger partial charge in [0, 0.05) is 36.2 Å². The van der Waals surface area contributed by atoms with Crippen LogP contribution in [0.2, 0.25) is 5.02 Å². The molecular weight excluding hydrogens is 358 g/mol. The third-order valence-corrected chi connectivity index (χ3v) is 4.52. The van der Waals surface area contributed by atoms with Crippen LogP contribution in [-0.2, 0) is 6.42 Å². The summed E-state index contributed by atoms with van der Waals surface area (Å²) in [6.07, 6.45) is 4.20. The van der Waals surface area contributed by atoms with Gasteiger partial charge in [0.15, 0.2) is 0 Å². The molecule has 138 valence electrons. The molecule has 0 saturated heterocycles. The summed E-state index contributed by atoms with van der Waals surface area (Å²) < 4.78 is 0. The SMILES string of the molecule is CCN(C(=O)c1cncc(NCCc2ccc(Cl)cc2)c1)c1ccccc1. The second-order valence-electron chi connectivity index (χ2n) is 6.15. The molecule has 27 heavy (non-hydrogen) atoms. The average Bonchev–Trinajstić information content (AvgIpc) is 2.71. The molecule has 2 aromatic carbocycles. The molecule has 1 heterocycles. The zero-order valence-electron chi connectivity index (χ0n) is 15.2. The van der Waals surface area contributed by atoms with Gasteiger partial charge in [-0.1, -0.05) is 41.9 Å². The molecule has 0 unspecified atom stereocenters. The van der Waals surface area contributed by atoms with Gasteiger partial charge in [-0.05, 0) is 49.2 Å². The number of pyridine rings is 1. The molecule has 0 saturated carbocycles. The smallest absolute Gasteiger partial charge is 0.259 e. The Hall–Kier alpha value is -2.85. The minimum absolute atomic E-state index is 0.0578. The molecule has 5 heteroatoms. The summed E-state index contributed by atoms with van der Waals surface area (Å²) in [4.78, 5) is 18.9. The molecular formula is C22H22ClN3O. The number of nitrogens with one attached hydrogen (secondary N) is 1. The number of carbonyl (C=O) groups excluding carboxylic acids is 1. The summed E-state index contributed by atoms with van der Waals surface area (Å²) in [5.74, 6) is -0.0578. The van der Waals surface area contributed by atoms with Gasteiger partial charge in [0.05, 0.1) is 11.3 Å². The van der Waals surface area contributed by atoms with Crippen LogP contribution >= 0.6 is 11.6 Å². The van der Waals surface area contributed by atoms with Crippen molar-refractivity contribution in [3.8, 4) is 0 Å². The van der Waals surface area contributed by atoms with Gasteiger partial charge in [0.2, 0.25) is 0 Å². The van der Waals surface area contributed by atoms with Crippen LogP contribution in [0.25, 0.3) is 0 Å². The first-order valence-corrected chi connectivity index (χ1v) is 9.35. The number of anilines is 2. The van der Waals surface area contributed by atoms with E-state index in [1.54, 1.807) is 17.3 Å². The van der Waals surface area contributed by atoms with E-state index >= 15 is 0 Å². The van der Waals surface area contributed by atoms with Gasteiger partial charge in [-0.15, -0.1) is 0 Å². The number of aromatic nitrogens is 1. The molecule has 1 aromatic heterocycles. The fourth-order valence-electron chi connectivity index (χ4n) is 2.86. The normalized spacial score (nSPS) is 10.4. The van der Waals surface area contributed by atoms with Crippen LogP contribution in [0.4, 0.5) is 11.4 Å². The van der Waals surface area contributed by atoms with Crippen molar-refractivity contribution < 1.29 is 4.79 Å². The molecule has 0 fully saturated rings. The van der Waals surface area contributed by atoms with E-state index in [1.165, 1.54) is 5.56 Å². The number of nitrogens with zero attached hydrogens (tertiary/aromatic N) is 2. The van der Waals surface area contributed by atoms with E-state index in [0.717, 1.165) is 29.4 Å². The quantitative estimate of drug-likeness (QED) is 0.624. The number of benzene rings is 2. The Balaban J connectivity index is 1.65. The van der Waals surface area contributed by atoms with Crippen molar-refractivity contribution in [2.75, 3.05) is 23.3 Å². The van der Waals surface area contributed by atoms with Crippen LogP contribution < -0.4 is 10.2 Å². The highest BCUT2D eigenvalue weighted by molar-refractivity contribution is 6.30. The zero-order chi connectivity index (χ0) is 19.1. The van der Waals surface area contributed by atoms with Crippen molar-refractivity contribution in [1.82, 2.24) is 4.98 Å². The molecule has 0 spiro atoms. The van der Waals surface area contributed by atoms with Crippen LogP contribution in [0.1, 0.15) is 22.8 Å². The van der Waals surface area contributed by atoms with Gasteiger partial charge >= 0.3 is 0 Å². The molecule has 0 atom stereocenters. The van der Waals surface area contributed by atoms with Crippen LogP contribution in [-0.4, -0.2) is 24.0 Å². The lowest BCUT2D eigenvalue weighted by atomic mass is 10.1. The number of rotatable bonds is 7. The number of hydrogen-bond donors (Lipinski definition) is 1. The molecule has 0 radical (unpaired) electrons. The number of hydrogen-bond acceptors (Lipinski definition) is 3. The maximum atomic E-state index is 12.9. The largest absolute Gasteiger partial charge is 0.383 e. The number of amides is 1. The maximum Gasteiger partial charge on any atom is 0.259 e. The highest BCUT2D eigenvalue weighted by Gasteiger charge is 2.16. The van der Waals surface area contributed by atoms with E-state index in [4.69, 9.17) is 11.6 Å². The summed E-state index contributed by atoms with van der Waals surface area (Å²) in [6, 6.07) is 19.3. The topological polar surface area (TPSA) is 45.2 Å². The predicted octanol–water partition coefficient (Wildman–Crippen LogP) is 5.06. The number of para-hydroxylation sites is 1. The van der Waals surface area contributed by atoms with Gasteiger partial charge in [0.25, 0.3) is 5.91 Å². The number of halogens is 1. The Morgan fingerprint density at radius 1 is 1.07 bits per heavy atom. The van der Waals surface area contributed by atoms with Gasteiger partial charge < -0.3 is 10.2 Å². The van der Waals surface area contributed by atoms with E-state index < -0.39 is 0 Å². The number of carbonyl (C=O) groups is 1. The van der Waals surface area contributed by atoms with Gasteiger partial charge in [-0.3, -0.25) is 9.78 Å². The van der Waals surface area contributed by atoms with Gasteiger partial charge in [-0.25, -0.2) is 0 Å². The van der Waals surface area contributed by atoms with Crippen molar-refractivity contribution in [3.05, 3.63) is 89.2 Å². The van der Waals surface area contributed by atoms with E-state index in [0.29, 0.717) is 12.1 Å². The van der Waals surface area contributed by atoms with Crippen molar-refractivity contribution in [1.29, 1.82) is 0 Å². The Morgan fingerprint density at radius 2 is 1.81 bits per heavy atom. The standard InChI is InChI=1S/C22H22ClN3O/c1-2-26(21-6-4-3-5-7-21)22(27)18-14-20(16-24-15-18)25-13-12-17-8-10-19(23)11-9-17/h3-11,14-16,25H,2,12-13H2,1H3. The third kappa shape index (κ3) is 5.08. The summed E-state index contributed by atoms with van der Waals surface area (Å²) in [6.45, 7) is 3.31. The molecule has 1 amide bonds. The first-order valence-electron chi connectivity index (χ1n) is 8.97. The van der Waals surface area contributed by atoms with Crippen molar-refractivity contribution in [2.45, 2.75) is 13.3 Å². The van der Waals surface area contributed by atoms with E-state index in [1.807, 2.05) is 67.6 Å². The van der Waals surface area contributed by atoms with E-state index in [9.17, 15) is 4.79 Å². The molecule has 4 nitrogen and oxygen atoms in total. The van der Waals surface area contributed by atoms with E-state index in [2.05, 4.69) is 10.3 Å². The molecule has 1 N–H and O–H groups in total. The predicted molar refractivity (Wildman–Crippen MR) is 112 cm³/mol. The molecule has 0 aliphatic heterocycles. The van der Waals surface area contributed by atoms with Crippen LogP contribution in [0, 0.1) is 0 Å². The van der Waals surface area contributed by atoms with E-state index in [-0.39, 0.29) is 5.91 Å². The first-order chi connectivity index (χ1) is 13.2. The maximum absolute atomic E-state index is 12.9. The van der Waals surface area contributed by atoms with Crippen molar-refractivity contribution in [3.63, 3.8) is 0 Å². The minimum atomic E-state index is -0.0578. The summed E-state index contributed by atoms with van der Waals surface area (Å²) in [5, 5.41) is 4.07. The Morgan fingerprint density at radius 3 is 2.52 bits per heavy atom. The second kappa shape index (κ2) is 9.19. The monoisotopic (exact) mass is 379 g/mol. The summed E-state index contributed by atoms with van der Waals surface area (Å²) >= 11 is 5.91. The Kier molecular flexibility index (Phi) is 6.44. The van der Waals surface area contributed by atoms with Crippen LogP contribution in [0.3, 0.4) is 0 Å². The fourth-order valence-corrected chi connectivity index (χ4v) is 2.99. The minimum Gasteiger partial charge on any atom is -0.383 e. The molecule has 3 aromatic rings. The highest BCUT2D eigenvalue weighted by atomic mass is 35.5. The Bertz CT molecular complexity index is 882. The highest BCUT2D eigenvalue weighted by Crippen LogP contribution is 2.18. The molecule has 0 aliphatic carbocycles. The van der Waals surface area contributed by atoms with Crippen molar-refractivity contribution in [2.24, 2.45) is 0 Å². The second-order valence-corrected chi connectivity index (χ2v) is 6.59. The van der Waals surface area contributed by atoms with Crippen molar-refractivity contribution >= 4 is 28.9 Å². The van der Waals surface area contributed by atoms with Crippen LogP contribution in [0.5, 0.6) is 0 Å². The first kappa shape index (κ1) is 18.9. The fraction of sp³-hybridized carbons (Fsp3) is 0.182. The van der Waals surface area contributed by atoms with Gasteiger partial charge in [-0.2, -0.15) is 0 Å². The summed E-state index contributed by atoms with van der Waals surface area (Å²) in [7, 11) is 0. The summed E-state index contributed by atoms with van der Waals surface area (Å²) in [5.41, 5.74) is 3.48.